The molecule has 0 fully saturated rings. The second kappa shape index (κ2) is 4.60. The lowest BCUT2D eigenvalue weighted by atomic mass is 10.1. The van der Waals surface area contributed by atoms with Gasteiger partial charge in [0.2, 0.25) is 0 Å². The minimum absolute atomic E-state index is 0.00851. The van der Waals surface area contributed by atoms with E-state index in [1.165, 1.54) is 0 Å². The van der Waals surface area contributed by atoms with E-state index in [0.717, 1.165) is 11.4 Å². The van der Waals surface area contributed by atoms with Crippen LogP contribution in [0.25, 0.3) is 5.69 Å². The molecule has 2 rings (SSSR count). The number of benzene rings is 1. The van der Waals surface area contributed by atoms with Gasteiger partial charge in [-0.15, -0.1) is 5.10 Å². The number of anilines is 1. The van der Waals surface area contributed by atoms with Gasteiger partial charge < -0.3 is 5.73 Å². The first kappa shape index (κ1) is 12.3. The second-order valence-electron chi connectivity index (χ2n) is 4.55. The third-order valence-electron chi connectivity index (χ3n) is 2.79. The zero-order chi connectivity index (χ0) is 13.3. The lowest BCUT2D eigenvalue weighted by Gasteiger charge is -2.04. The van der Waals surface area contributed by atoms with E-state index in [1.54, 1.807) is 16.8 Å². The molecule has 0 atom stereocenters. The second-order valence-corrected chi connectivity index (χ2v) is 4.55. The van der Waals surface area contributed by atoms with Crippen LogP contribution in [0.4, 0.5) is 5.69 Å². The molecule has 18 heavy (non-hydrogen) atoms. The zero-order valence-corrected chi connectivity index (χ0v) is 10.7. The lowest BCUT2D eigenvalue weighted by Crippen LogP contribution is -2.10. The van der Waals surface area contributed by atoms with E-state index in [1.807, 2.05) is 32.9 Å². The van der Waals surface area contributed by atoms with Crippen LogP contribution in [0, 0.1) is 12.8 Å². The molecule has 0 unspecified atom stereocenters. The summed E-state index contributed by atoms with van der Waals surface area (Å²) >= 11 is 0. The molecule has 0 saturated heterocycles. The molecule has 1 aromatic heterocycles. The van der Waals surface area contributed by atoms with E-state index in [4.69, 9.17) is 5.73 Å². The summed E-state index contributed by atoms with van der Waals surface area (Å²) in [7, 11) is 0. The molecule has 0 amide bonds. The fourth-order valence-corrected chi connectivity index (χ4v) is 1.69. The number of nitrogens with two attached hydrogens (primary N) is 1. The van der Waals surface area contributed by atoms with Crippen LogP contribution in [-0.4, -0.2) is 20.8 Å². The first-order valence-electron chi connectivity index (χ1n) is 5.83. The number of nitrogen functional groups attached to an aromatic ring is 1. The van der Waals surface area contributed by atoms with Gasteiger partial charge in [-0.1, -0.05) is 19.1 Å². The van der Waals surface area contributed by atoms with Gasteiger partial charge in [-0.05, 0) is 31.2 Å². The van der Waals surface area contributed by atoms with Crippen molar-refractivity contribution in [3.8, 4) is 5.69 Å². The van der Waals surface area contributed by atoms with Gasteiger partial charge in [-0.25, -0.2) is 4.68 Å². The van der Waals surface area contributed by atoms with Crippen molar-refractivity contribution < 1.29 is 4.79 Å². The normalized spacial score (nSPS) is 10.9. The molecule has 0 radical (unpaired) electrons. The maximum absolute atomic E-state index is 11.9. The molecule has 5 heteroatoms. The molecule has 5 nitrogen and oxygen atoms in total. The number of carbonyl (C=O) groups excluding carboxylic acids is 1. The summed E-state index contributed by atoms with van der Waals surface area (Å²) in [5, 5.41) is 7.99. The molecular weight excluding hydrogens is 228 g/mol. The van der Waals surface area contributed by atoms with E-state index < -0.39 is 0 Å². The Balaban J connectivity index is 2.42. The number of rotatable bonds is 3. The van der Waals surface area contributed by atoms with Crippen LogP contribution in [0.1, 0.15) is 30.0 Å². The molecule has 1 aromatic carbocycles. The molecule has 0 aliphatic carbocycles. The third kappa shape index (κ3) is 2.11. The fraction of sp³-hybridized carbons (Fsp3) is 0.308. The predicted octanol–water partition coefficient (Wildman–Crippen LogP) is 2.00. The van der Waals surface area contributed by atoms with E-state index >= 15 is 0 Å². The Morgan fingerprint density at radius 1 is 1.28 bits per heavy atom. The number of Topliss-reactive ketones (excluding diaryl/α,β-unsaturated/α-hetero) is 1. The molecule has 0 spiro atoms. The highest BCUT2D eigenvalue weighted by molar-refractivity contribution is 5.96. The quantitative estimate of drug-likeness (QED) is 0.662. The Morgan fingerprint density at radius 2 is 1.89 bits per heavy atom. The molecule has 0 aliphatic heterocycles. The molecule has 2 N–H and O–H groups in total. The number of nitrogens with zero attached hydrogens (tertiary/aromatic N) is 3. The van der Waals surface area contributed by atoms with E-state index in [2.05, 4.69) is 10.3 Å². The maximum atomic E-state index is 11.9. The number of hydrogen-bond donors (Lipinski definition) is 1. The highest BCUT2D eigenvalue weighted by Gasteiger charge is 2.19. The largest absolute Gasteiger partial charge is 0.399 e. The van der Waals surface area contributed by atoms with Gasteiger partial charge in [0.15, 0.2) is 11.5 Å². The summed E-state index contributed by atoms with van der Waals surface area (Å²) in [6.45, 7) is 5.54. The maximum Gasteiger partial charge on any atom is 0.187 e. The SMILES string of the molecule is Cc1c(C(=O)C(C)C)nnn1-c1ccc(N)cc1. The van der Waals surface area contributed by atoms with Gasteiger partial charge in [0.25, 0.3) is 0 Å². The number of aromatic nitrogens is 3. The average Bonchev–Trinajstić information content (AvgIpc) is 2.71. The molecule has 94 valence electrons. The standard InChI is InChI=1S/C13H16N4O/c1-8(2)13(18)12-9(3)17(16-15-12)11-6-4-10(14)5-7-11/h4-8H,14H2,1-3H3. The van der Waals surface area contributed by atoms with Crippen LogP contribution in [0.3, 0.4) is 0 Å². The predicted molar refractivity (Wildman–Crippen MR) is 69.7 cm³/mol. The molecule has 2 aromatic rings. The highest BCUT2D eigenvalue weighted by Crippen LogP contribution is 2.16. The summed E-state index contributed by atoms with van der Waals surface area (Å²) in [6, 6.07) is 7.28. The summed E-state index contributed by atoms with van der Waals surface area (Å²) in [6.07, 6.45) is 0. The average molecular weight is 244 g/mol. The van der Waals surface area contributed by atoms with Crippen molar-refractivity contribution >= 4 is 11.5 Å². The van der Waals surface area contributed by atoms with Crippen LogP contribution >= 0.6 is 0 Å². The minimum Gasteiger partial charge on any atom is -0.399 e. The van der Waals surface area contributed by atoms with E-state index in [-0.39, 0.29) is 11.7 Å². The van der Waals surface area contributed by atoms with Crippen molar-refractivity contribution in [3.63, 3.8) is 0 Å². The van der Waals surface area contributed by atoms with Crippen molar-refractivity contribution in [1.82, 2.24) is 15.0 Å². The van der Waals surface area contributed by atoms with Gasteiger partial charge in [0.1, 0.15) is 0 Å². The molecule has 1 heterocycles. The summed E-state index contributed by atoms with van der Waals surface area (Å²) in [5.74, 6) is -0.0746. The van der Waals surface area contributed by atoms with Gasteiger partial charge >= 0.3 is 0 Å². The van der Waals surface area contributed by atoms with Gasteiger partial charge in [-0.2, -0.15) is 0 Å². The first-order chi connectivity index (χ1) is 8.50. The first-order valence-corrected chi connectivity index (χ1v) is 5.83. The number of hydrogen-bond acceptors (Lipinski definition) is 4. The van der Waals surface area contributed by atoms with Crippen LogP contribution in [0.2, 0.25) is 0 Å². The zero-order valence-electron chi connectivity index (χ0n) is 10.7. The Labute approximate surface area is 106 Å². The van der Waals surface area contributed by atoms with Crippen LogP contribution in [0.15, 0.2) is 24.3 Å². The smallest absolute Gasteiger partial charge is 0.187 e. The minimum atomic E-state index is -0.0831. The molecular formula is C13H16N4O. The van der Waals surface area contributed by atoms with Crippen molar-refractivity contribution in [1.29, 1.82) is 0 Å². The van der Waals surface area contributed by atoms with Gasteiger partial charge in [-0.3, -0.25) is 4.79 Å². The fourth-order valence-electron chi connectivity index (χ4n) is 1.69. The summed E-state index contributed by atoms with van der Waals surface area (Å²) in [4.78, 5) is 11.9. The Hall–Kier alpha value is -2.17. The van der Waals surface area contributed by atoms with E-state index in [0.29, 0.717) is 11.4 Å². The summed E-state index contributed by atoms with van der Waals surface area (Å²) < 4.78 is 1.65. The highest BCUT2D eigenvalue weighted by atomic mass is 16.1. The topological polar surface area (TPSA) is 73.8 Å². The molecule has 0 aliphatic rings. The van der Waals surface area contributed by atoms with Crippen LogP contribution in [-0.2, 0) is 0 Å². The van der Waals surface area contributed by atoms with Crippen LogP contribution < -0.4 is 5.73 Å². The van der Waals surface area contributed by atoms with E-state index in [9.17, 15) is 4.79 Å². The van der Waals surface area contributed by atoms with Crippen molar-refractivity contribution in [2.75, 3.05) is 5.73 Å². The molecule has 0 saturated carbocycles. The number of ketones is 1. The third-order valence-corrected chi connectivity index (χ3v) is 2.79. The Morgan fingerprint density at radius 3 is 2.44 bits per heavy atom. The summed E-state index contributed by atoms with van der Waals surface area (Å²) in [5.41, 5.74) is 8.35. The van der Waals surface area contributed by atoms with Crippen molar-refractivity contribution in [3.05, 3.63) is 35.7 Å². The van der Waals surface area contributed by atoms with Gasteiger partial charge in [0, 0.05) is 11.6 Å². The Kier molecular flexibility index (Phi) is 3.14. The van der Waals surface area contributed by atoms with Gasteiger partial charge in [0.05, 0.1) is 11.4 Å². The lowest BCUT2D eigenvalue weighted by molar-refractivity contribution is 0.0933. The molecule has 0 bridgehead atoms. The van der Waals surface area contributed by atoms with Crippen LogP contribution in [0.5, 0.6) is 0 Å². The monoisotopic (exact) mass is 244 g/mol. The van der Waals surface area contributed by atoms with Crippen molar-refractivity contribution in [2.24, 2.45) is 5.92 Å². The van der Waals surface area contributed by atoms with Crippen molar-refractivity contribution in [2.45, 2.75) is 20.8 Å². The number of carbonyl (C=O) groups is 1. The Bertz CT molecular complexity index is 569.